The van der Waals surface area contributed by atoms with E-state index in [1.165, 1.54) is 0 Å². The van der Waals surface area contributed by atoms with E-state index in [9.17, 15) is 4.79 Å². The van der Waals surface area contributed by atoms with E-state index in [1.54, 1.807) is 60.4 Å². The highest BCUT2D eigenvalue weighted by atomic mass is 35.5. The zero-order valence-electron chi connectivity index (χ0n) is 17.4. The third-order valence-corrected chi connectivity index (χ3v) is 5.94. The summed E-state index contributed by atoms with van der Waals surface area (Å²) in [7, 11) is 0. The van der Waals surface area contributed by atoms with Crippen LogP contribution in [0.2, 0.25) is 10.0 Å². The Labute approximate surface area is 200 Å². The van der Waals surface area contributed by atoms with Gasteiger partial charge in [-0.2, -0.15) is 0 Å². The summed E-state index contributed by atoms with van der Waals surface area (Å²) in [6.07, 6.45) is 9.17. The molecule has 1 N–H and O–H groups in total. The van der Waals surface area contributed by atoms with E-state index in [4.69, 9.17) is 27.9 Å². The summed E-state index contributed by atoms with van der Waals surface area (Å²) in [5, 5.41) is 2.40. The molecule has 33 heavy (non-hydrogen) atoms. The molecule has 2 aliphatic heterocycles. The van der Waals surface area contributed by atoms with Crippen molar-refractivity contribution >= 4 is 41.1 Å². The average molecular weight is 480 g/mol. The van der Waals surface area contributed by atoms with E-state index in [-0.39, 0.29) is 5.91 Å². The first kappa shape index (κ1) is 21.3. The molecule has 1 aromatic heterocycles. The molecule has 2 aliphatic rings. The van der Waals surface area contributed by atoms with Crippen LogP contribution in [0.4, 0.5) is 5.69 Å². The number of pyridine rings is 1. The third kappa shape index (κ3) is 4.51. The van der Waals surface area contributed by atoms with Crippen molar-refractivity contribution in [2.45, 2.75) is 13.0 Å². The maximum Gasteiger partial charge on any atom is 0.254 e. The van der Waals surface area contributed by atoms with Crippen molar-refractivity contribution in [2.75, 3.05) is 11.6 Å². The Morgan fingerprint density at radius 3 is 2.70 bits per heavy atom. The van der Waals surface area contributed by atoms with Gasteiger partial charge < -0.3 is 9.64 Å². The summed E-state index contributed by atoms with van der Waals surface area (Å²) < 4.78 is 6.02. The molecule has 3 heterocycles. The summed E-state index contributed by atoms with van der Waals surface area (Å²) in [5.74, 6) is 0.920. The second kappa shape index (κ2) is 9.13. The summed E-state index contributed by atoms with van der Waals surface area (Å²) in [6, 6.07) is 12.7. The maximum atomic E-state index is 13.0. The lowest BCUT2D eigenvalue weighted by Gasteiger charge is -2.29. The Hall–Kier alpha value is -3.55. The number of amides is 1. The quantitative estimate of drug-likeness (QED) is 0.544. The topological polar surface area (TPSA) is 70.1 Å². The zero-order chi connectivity index (χ0) is 22.8. The smallest absolute Gasteiger partial charge is 0.254 e. The Morgan fingerprint density at radius 1 is 1.12 bits per heavy atom. The van der Waals surface area contributed by atoms with E-state index in [0.29, 0.717) is 40.2 Å². The summed E-state index contributed by atoms with van der Waals surface area (Å²) in [6.45, 7) is 1.16. The summed E-state index contributed by atoms with van der Waals surface area (Å²) in [5.41, 5.74) is 6.35. The van der Waals surface area contributed by atoms with Gasteiger partial charge in [-0.05, 0) is 53.9 Å². The van der Waals surface area contributed by atoms with Gasteiger partial charge in [-0.15, -0.1) is 0 Å². The monoisotopic (exact) mass is 479 g/mol. The van der Waals surface area contributed by atoms with Crippen LogP contribution in [0.15, 0.2) is 72.3 Å². The number of hydrogen-bond donors (Lipinski definition) is 1. The Bertz CT molecular complexity index is 1240. The molecule has 7 nitrogen and oxygen atoms in total. The fraction of sp³-hybridized carbons (Fsp3) is 0.125. The minimum atomic E-state index is -0.00295. The first-order chi connectivity index (χ1) is 16.1. The fourth-order valence-corrected chi connectivity index (χ4v) is 4.33. The zero-order valence-corrected chi connectivity index (χ0v) is 18.9. The summed E-state index contributed by atoms with van der Waals surface area (Å²) in [4.78, 5) is 23.0. The number of ether oxygens (including phenoxy) is 1. The molecule has 1 amide bonds. The Balaban J connectivity index is 1.34. The predicted molar refractivity (Wildman–Crippen MR) is 129 cm³/mol. The van der Waals surface area contributed by atoms with Crippen molar-refractivity contribution in [1.29, 1.82) is 0 Å². The lowest BCUT2D eigenvalue weighted by Crippen LogP contribution is -2.37. The van der Waals surface area contributed by atoms with Crippen molar-refractivity contribution in [1.82, 2.24) is 15.3 Å². The van der Waals surface area contributed by atoms with Gasteiger partial charge in [-0.1, -0.05) is 29.3 Å². The first-order valence-electron chi connectivity index (χ1n) is 10.3. The Kier molecular flexibility index (Phi) is 5.90. The summed E-state index contributed by atoms with van der Waals surface area (Å²) >= 11 is 12.9. The van der Waals surface area contributed by atoms with Crippen LogP contribution in [-0.2, 0) is 13.0 Å². The second-order valence-electron chi connectivity index (χ2n) is 7.58. The van der Waals surface area contributed by atoms with Gasteiger partial charge in [0.15, 0.2) is 5.75 Å². The number of nitrogens with one attached hydrogen (secondary N) is 1. The molecule has 2 aromatic carbocycles. The molecule has 0 spiro atoms. The molecule has 166 valence electrons. The van der Waals surface area contributed by atoms with E-state index in [1.807, 2.05) is 23.1 Å². The van der Waals surface area contributed by atoms with Crippen molar-refractivity contribution in [3.05, 3.63) is 94.0 Å². The lowest BCUT2D eigenvalue weighted by molar-refractivity contribution is 0.0727. The SMILES string of the molecule is O=C1c2ccc(Oc3c(Cl)cc(N4C=NC=CN4)cc3Cl)cc2CCN1Cc1cccnc1. The molecule has 5 rings (SSSR count). The van der Waals surface area contributed by atoms with E-state index < -0.39 is 0 Å². The Morgan fingerprint density at radius 2 is 1.97 bits per heavy atom. The van der Waals surface area contributed by atoms with Crippen molar-refractivity contribution < 1.29 is 9.53 Å². The van der Waals surface area contributed by atoms with Gasteiger partial charge in [0.05, 0.1) is 15.7 Å². The number of rotatable bonds is 5. The highest BCUT2D eigenvalue weighted by Crippen LogP contribution is 2.40. The third-order valence-electron chi connectivity index (χ3n) is 5.38. The standard InChI is InChI=1S/C24H19Cl2N5O2/c25-21-11-18(31-15-28-7-8-29-31)12-22(26)23(21)33-19-3-4-20-17(10-19)5-9-30(24(20)32)14-16-2-1-6-27-13-16/h1-4,6-8,10-13,15,29H,5,9,14H2. The number of halogens is 2. The van der Waals surface area contributed by atoms with Crippen molar-refractivity contribution in [3.8, 4) is 11.5 Å². The van der Waals surface area contributed by atoms with Crippen LogP contribution in [0, 0.1) is 0 Å². The number of fused-ring (bicyclic) bond motifs is 1. The number of nitrogens with zero attached hydrogens (tertiary/aromatic N) is 4. The number of aromatic nitrogens is 1. The number of anilines is 1. The van der Waals surface area contributed by atoms with Crippen LogP contribution in [0.1, 0.15) is 21.5 Å². The van der Waals surface area contributed by atoms with E-state index in [0.717, 1.165) is 23.2 Å². The lowest BCUT2D eigenvalue weighted by atomic mass is 9.98. The average Bonchev–Trinajstić information content (AvgIpc) is 2.84. The minimum Gasteiger partial charge on any atom is -0.454 e. The van der Waals surface area contributed by atoms with E-state index >= 15 is 0 Å². The first-order valence-corrected chi connectivity index (χ1v) is 11.1. The molecule has 0 saturated carbocycles. The largest absolute Gasteiger partial charge is 0.454 e. The molecule has 0 saturated heterocycles. The molecule has 0 fully saturated rings. The van der Waals surface area contributed by atoms with Crippen LogP contribution >= 0.6 is 23.2 Å². The van der Waals surface area contributed by atoms with Crippen LogP contribution in [0.3, 0.4) is 0 Å². The highest BCUT2D eigenvalue weighted by Gasteiger charge is 2.25. The van der Waals surface area contributed by atoms with Crippen LogP contribution in [-0.4, -0.2) is 28.7 Å². The molecular formula is C24H19Cl2N5O2. The second-order valence-corrected chi connectivity index (χ2v) is 8.39. The van der Waals surface area contributed by atoms with Crippen molar-refractivity contribution in [2.24, 2.45) is 4.99 Å². The van der Waals surface area contributed by atoms with Crippen molar-refractivity contribution in [3.63, 3.8) is 0 Å². The number of carbonyl (C=O) groups excluding carboxylic acids is 1. The maximum absolute atomic E-state index is 13.0. The fourth-order valence-electron chi connectivity index (χ4n) is 3.78. The van der Waals surface area contributed by atoms with Crippen LogP contribution in [0.5, 0.6) is 11.5 Å². The number of carbonyl (C=O) groups is 1. The van der Waals surface area contributed by atoms with Gasteiger partial charge in [0, 0.05) is 43.4 Å². The van der Waals surface area contributed by atoms with Crippen LogP contribution < -0.4 is 15.2 Å². The van der Waals surface area contributed by atoms with Gasteiger partial charge in [0.2, 0.25) is 0 Å². The van der Waals surface area contributed by atoms with Gasteiger partial charge >= 0.3 is 0 Å². The number of benzene rings is 2. The molecule has 0 radical (unpaired) electrons. The highest BCUT2D eigenvalue weighted by molar-refractivity contribution is 6.37. The molecular weight excluding hydrogens is 461 g/mol. The molecule has 0 unspecified atom stereocenters. The minimum absolute atomic E-state index is 0.00295. The van der Waals surface area contributed by atoms with Crippen LogP contribution in [0.25, 0.3) is 0 Å². The molecule has 0 aliphatic carbocycles. The van der Waals surface area contributed by atoms with Gasteiger partial charge in [0.1, 0.15) is 12.1 Å². The predicted octanol–water partition coefficient (Wildman–Crippen LogP) is 5.20. The number of aliphatic imine (C=N–C) groups is 1. The van der Waals surface area contributed by atoms with Gasteiger partial charge in [0.25, 0.3) is 5.91 Å². The molecule has 9 heteroatoms. The molecule has 0 atom stereocenters. The van der Waals surface area contributed by atoms with Gasteiger partial charge in [-0.3, -0.25) is 15.2 Å². The molecule has 0 bridgehead atoms. The molecule has 3 aromatic rings. The van der Waals surface area contributed by atoms with Gasteiger partial charge in [-0.25, -0.2) is 10.0 Å². The normalized spacial score (nSPS) is 14.8. The van der Waals surface area contributed by atoms with E-state index in [2.05, 4.69) is 15.4 Å². The number of hydrazine groups is 1. The number of hydrogen-bond acceptors (Lipinski definition) is 6.